The second kappa shape index (κ2) is 8.54. The lowest BCUT2D eigenvalue weighted by Gasteiger charge is -2.35. The molecule has 0 aromatic carbocycles. The summed E-state index contributed by atoms with van der Waals surface area (Å²) in [6.07, 6.45) is 4.00. The van der Waals surface area contributed by atoms with Gasteiger partial charge in [-0.3, -0.25) is 9.69 Å². The summed E-state index contributed by atoms with van der Waals surface area (Å²) in [5.41, 5.74) is 0. The van der Waals surface area contributed by atoms with Gasteiger partial charge >= 0.3 is 0 Å². The standard InChI is InChI=1S/C15H30N2O2/c1-5-6-7-8-17-9-10-19-14(12-17)11-16(4)15(18)13(2)3/h13-14H,5-12H2,1-4H3/t14-/m0/s1. The minimum atomic E-state index is 0.0641. The van der Waals surface area contributed by atoms with E-state index in [-0.39, 0.29) is 17.9 Å². The van der Waals surface area contributed by atoms with Gasteiger partial charge in [-0.05, 0) is 13.0 Å². The fraction of sp³-hybridized carbons (Fsp3) is 0.933. The maximum atomic E-state index is 11.9. The average Bonchev–Trinajstić information content (AvgIpc) is 2.38. The Balaban J connectivity index is 2.32. The van der Waals surface area contributed by atoms with Gasteiger partial charge in [0.25, 0.3) is 0 Å². The highest BCUT2D eigenvalue weighted by molar-refractivity contribution is 5.77. The van der Waals surface area contributed by atoms with E-state index in [2.05, 4.69) is 11.8 Å². The molecule has 4 heteroatoms. The summed E-state index contributed by atoms with van der Waals surface area (Å²) in [5.74, 6) is 0.265. The van der Waals surface area contributed by atoms with Crippen molar-refractivity contribution in [1.82, 2.24) is 9.80 Å². The first-order valence-electron chi connectivity index (χ1n) is 7.63. The van der Waals surface area contributed by atoms with E-state index in [0.29, 0.717) is 6.54 Å². The van der Waals surface area contributed by atoms with E-state index in [1.807, 2.05) is 25.8 Å². The largest absolute Gasteiger partial charge is 0.374 e. The van der Waals surface area contributed by atoms with E-state index in [4.69, 9.17) is 4.74 Å². The van der Waals surface area contributed by atoms with E-state index in [9.17, 15) is 4.79 Å². The number of hydrogen-bond acceptors (Lipinski definition) is 3. The van der Waals surface area contributed by atoms with Crippen molar-refractivity contribution in [2.75, 3.05) is 39.8 Å². The highest BCUT2D eigenvalue weighted by Crippen LogP contribution is 2.09. The number of rotatable bonds is 7. The van der Waals surface area contributed by atoms with E-state index in [1.54, 1.807) is 0 Å². The van der Waals surface area contributed by atoms with Crippen LogP contribution in [0.25, 0.3) is 0 Å². The third-order valence-electron chi connectivity index (χ3n) is 3.65. The number of ether oxygens (including phenoxy) is 1. The lowest BCUT2D eigenvalue weighted by Crippen LogP contribution is -2.48. The molecule has 1 heterocycles. The van der Waals surface area contributed by atoms with Crippen molar-refractivity contribution in [1.29, 1.82) is 0 Å². The zero-order valence-corrected chi connectivity index (χ0v) is 13.0. The Bertz CT molecular complexity index is 269. The lowest BCUT2D eigenvalue weighted by atomic mass is 10.1. The first-order chi connectivity index (χ1) is 9.04. The first-order valence-corrected chi connectivity index (χ1v) is 7.63. The molecule has 1 aliphatic rings. The van der Waals surface area contributed by atoms with Gasteiger partial charge in [-0.2, -0.15) is 0 Å². The number of morpholine rings is 1. The lowest BCUT2D eigenvalue weighted by molar-refractivity contribution is -0.136. The Hall–Kier alpha value is -0.610. The monoisotopic (exact) mass is 270 g/mol. The normalized spacial score (nSPS) is 20.8. The molecular formula is C15H30N2O2. The molecule has 0 aromatic rings. The third kappa shape index (κ3) is 5.91. The highest BCUT2D eigenvalue weighted by Gasteiger charge is 2.23. The number of amides is 1. The molecule has 0 aromatic heterocycles. The number of carbonyl (C=O) groups is 1. The maximum Gasteiger partial charge on any atom is 0.224 e. The van der Waals surface area contributed by atoms with Crippen LogP contribution in [0.4, 0.5) is 0 Å². The molecule has 0 N–H and O–H groups in total. The topological polar surface area (TPSA) is 32.8 Å². The molecule has 4 nitrogen and oxygen atoms in total. The van der Waals surface area contributed by atoms with Gasteiger partial charge in [-0.25, -0.2) is 0 Å². The zero-order chi connectivity index (χ0) is 14.3. The Labute approximate surface area is 118 Å². The van der Waals surface area contributed by atoms with Crippen LogP contribution in [-0.2, 0) is 9.53 Å². The molecular weight excluding hydrogens is 240 g/mol. The molecule has 1 saturated heterocycles. The van der Waals surface area contributed by atoms with E-state index >= 15 is 0 Å². The summed E-state index contributed by atoms with van der Waals surface area (Å²) in [6.45, 7) is 10.8. The van der Waals surface area contributed by atoms with Gasteiger partial charge in [0.05, 0.1) is 12.7 Å². The Morgan fingerprint density at radius 3 is 2.79 bits per heavy atom. The molecule has 0 saturated carbocycles. The van der Waals surface area contributed by atoms with Crippen LogP contribution in [0.1, 0.15) is 40.0 Å². The van der Waals surface area contributed by atoms with Gasteiger partial charge in [0, 0.05) is 32.6 Å². The predicted octanol–water partition coefficient (Wildman–Crippen LogP) is 1.99. The summed E-state index contributed by atoms with van der Waals surface area (Å²) in [7, 11) is 1.88. The molecule has 1 fully saturated rings. The van der Waals surface area contributed by atoms with Crippen LogP contribution in [0.2, 0.25) is 0 Å². The summed E-state index contributed by atoms with van der Waals surface area (Å²) in [4.78, 5) is 16.1. The maximum absolute atomic E-state index is 11.9. The molecule has 112 valence electrons. The Morgan fingerprint density at radius 2 is 2.16 bits per heavy atom. The number of unbranched alkanes of at least 4 members (excludes halogenated alkanes) is 2. The molecule has 0 radical (unpaired) electrons. The second-order valence-corrected chi connectivity index (χ2v) is 5.87. The van der Waals surface area contributed by atoms with Gasteiger partial charge in [0.15, 0.2) is 0 Å². The van der Waals surface area contributed by atoms with Crippen molar-refractivity contribution in [3.8, 4) is 0 Å². The van der Waals surface area contributed by atoms with Crippen molar-refractivity contribution < 1.29 is 9.53 Å². The van der Waals surface area contributed by atoms with Crippen LogP contribution >= 0.6 is 0 Å². The summed E-state index contributed by atoms with van der Waals surface area (Å²) < 4.78 is 5.78. The van der Waals surface area contributed by atoms with Crippen LogP contribution in [-0.4, -0.2) is 61.6 Å². The zero-order valence-electron chi connectivity index (χ0n) is 13.0. The molecule has 0 spiro atoms. The van der Waals surface area contributed by atoms with Crippen molar-refractivity contribution in [2.24, 2.45) is 5.92 Å². The average molecular weight is 270 g/mol. The van der Waals surface area contributed by atoms with Crippen LogP contribution < -0.4 is 0 Å². The van der Waals surface area contributed by atoms with E-state index < -0.39 is 0 Å². The predicted molar refractivity (Wildman–Crippen MR) is 78.2 cm³/mol. The van der Waals surface area contributed by atoms with Gasteiger partial charge < -0.3 is 9.64 Å². The summed E-state index contributed by atoms with van der Waals surface area (Å²) >= 11 is 0. The third-order valence-corrected chi connectivity index (χ3v) is 3.65. The smallest absolute Gasteiger partial charge is 0.224 e. The van der Waals surface area contributed by atoms with Crippen molar-refractivity contribution in [3.05, 3.63) is 0 Å². The fourth-order valence-corrected chi connectivity index (χ4v) is 2.52. The molecule has 0 aliphatic carbocycles. The fourth-order valence-electron chi connectivity index (χ4n) is 2.52. The molecule has 1 amide bonds. The van der Waals surface area contributed by atoms with Crippen molar-refractivity contribution >= 4 is 5.91 Å². The first kappa shape index (κ1) is 16.4. The minimum absolute atomic E-state index is 0.0641. The van der Waals surface area contributed by atoms with E-state index in [0.717, 1.165) is 26.2 Å². The van der Waals surface area contributed by atoms with Gasteiger partial charge in [0.1, 0.15) is 0 Å². The number of carbonyl (C=O) groups excluding carboxylic acids is 1. The van der Waals surface area contributed by atoms with Crippen molar-refractivity contribution in [3.63, 3.8) is 0 Å². The molecule has 1 atom stereocenters. The van der Waals surface area contributed by atoms with Gasteiger partial charge in [0.2, 0.25) is 5.91 Å². The number of nitrogens with zero attached hydrogens (tertiary/aromatic N) is 2. The molecule has 1 aliphatic heterocycles. The van der Waals surface area contributed by atoms with Crippen LogP contribution in [0.5, 0.6) is 0 Å². The minimum Gasteiger partial charge on any atom is -0.374 e. The quantitative estimate of drug-likeness (QED) is 0.663. The van der Waals surface area contributed by atoms with E-state index in [1.165, 1.54) is 19.3 Å². The van der Waals surface area contributed by atoms with Crippen LogP contribution in [0, 0.1) is 5.92 Å². The summed E-state index contributed by atoms with van der Waals surface area (Å²) in [5, 5.41) is 0. The molecule has 19 heavy (non-hydrogen) atoms. The van der Waals surface area contributed by atoms with Crippen LogP contribution in [0.3, 0.4) is 0 Å². The molecule has 0 bridgehead atoms. The number of hydrogen-bond donors (Lipinski definition) is 0. The molecule has 0 unspecified atom stereocenters. The SMILES string of the molecule is CCCCCN1CCO[C@@H](CN(C)C(=O)C(C)C)C1. The van der Waals surface area contributed by atoms with Gasteiger partial charge in [-0.15, -0.1) is 0 Å². The molecule has 1 rings (SSSR count). The Kier molecular flexibility index (Phi) is 7.39. The van der Waals surface area contributed by atoms with Crippen LogP contribution in [0.15, 0.2) is 0 Å². The second-order valence-electron chi connectivity index (χ2n) is 5.87. The number of likely N-dealkylation sites (N-methyl/N-ethyl adjacent to an activating group) is 1. The Morgan fingerprint density at radius 1 is 1.42 bits per heavy atom. The van der Waals surface area contributed by atoms with Crippen molar-refractivity contribution in [2.45, 2.75) is 46.1 Å². The highest BCUT2D eigenvalue weighted by atomic mass is 16.5. The van der Waals surface area contributed by atoms with Gasteiger partial charge in [-0.1, -0.05) is 33.6 Å². The summed E-state index contributed by atoms with van der Waals surface area (Å²) in [6, 6.07) is 0.